The van der Waals surface area contributed by atoms with Crippen molar-refractivity contribution in [3.8, 4) is 11.1 Å². The van der Waals surface area contributed by atoms with E-state index in [0.29, 0.717) is 11.1 Å². The Morgan fingerprint density at radius 3 is 2.64 bits per heavy atom. The van der Waals surface area contributed by atoms with Crippen molar-refractivity contribution < 1.29 is 0 Å². The zero-order chi connectivity index (χ0) is 18.9. The molecule has 0 saturated heterocycles. The molecule has 1 aromatic carbocycles. The highest BCUT2D eigenvalue weighted by atomic mass is 35.5. The van der Waals surface area contributed by atoms with Gasteiger partial charge in [-0.3, -0.25) is 0 Å². The van der Waals surface area contributed by atoms with E-state index in [1.807, 2.05) is 17.4 Å². The molecular formula is C23H21ClN2S2. The molecule has 0 atom stereocenters. The Hall–Kier alpha value is -1.88. The number of aromatic nitrogens is 1. The van der Waals surface area contributed by atoms with Gasteiger partial charge in [0.15, 0.2) is 0 Å². The molecular weight excluding hydrogens is 404 g/mol. The summed E-state index contributed by atoms with van der Waals surface area (Å²) in [6.45, 7) is 0.810. The average Bonchev–Trinajstić information content (AvgIpc) is 3.46. The standard InChI is InChI=1S/C23H21ClN2S2/c24-19-13-18(25-14-17-11-6-12-27-17)23-21(26-19)20(15-7-2-1-3-8-15)22(28-23)16-9-4-5-10-16/h1-3,6-8,11-13,16H,4-5,9-10,14H2,(H,25,26). The number of rotatable bonds is 5. The van der Waals surface area contributed by atoms with Crippen LogP contribution in [-0.4, -0.2) is 4.98 Å². The molecule has 142 valence electrons. The summed E-state index contributed by atoms with van der Waals surface area (Å²) < 4.78 is 1.22. The van der Waals surface area contributed by atoms with Gasteiger partial charge in [-0.25, -0.2) is 4.98 Å². The number of thiophene rings is 2. The highest BCUT2D eigenvalue weighted by Crippen LogP contribution is 2.49. The van der Waals surface area contributed by atoms with E-state index in [4.69, 9.17) is 16.6 Å². The van der Waals surface area contributed by atoms with Crippen molar-refractivity contribution in [2.45, 2.75) is 38.1 Å². The summed E-state index contributed by atoms with van der Waals surface area (Å²) in [4.78, 5) is 7.58. The third kappa shape index (κ3) is 3.45. The highest BCUT2D eigenvalue weighted by Gasteiger charge is 2.26. The number of hydrogen-bond donors (Lipinski definition) is 1. The Balaban J connectivity index is 1.66. The van der Waals surface area contributed by atoms with Crippen molar-refractivity contribution in [2.24, 2.45) is 0 Å². The van der Waals surface area contributed by atoms with Gasteiger partial charge in [-0.05, 0) is 35.8 Å². The Labute approximate surface area is 178 Å². The Morgan fingerprint density at radius 1 is 1.07 bits per heavy atom. The van der Waals surface area contributed by atoms with Gasteiger partial charge in [0, 0.05) is 27.9 Å². The van der Waals surface area contributed by atoms with Crippen LogP contribution in [-0.2, 0) is 6.54 Å². The lowest BCUT2D eigenvalue weighted by atomic mass is 9.97. The van der Waals surface area contributed by atoms with Crippen molar-refractivity contribution in [2.75, 3.05) is 5.32 Å². The molecule has 28 heavy (non-hydrogen) atoms. The first-order valence-corrected chi connectivity index (χ1v) is 11.8. The van der Waals surface area contributed by atoms with Crippen LogP contribution >= 0.6 is 34.3 Å². The molecule has 1 aliphatic rings. The minimum Gasteiger partial charge on any atom is -0.379 e. The molecule has 1 fully saturated rings. The van der Waals surface area contributed by atoms with E-state index in [2.05, 4.69) is 53.2 Å². The molecule has 0 radical (unpaired) electrons. The van der Waals surface area contributed by atoms with Gasteiger partial charge >= 0.3 is 0 Å². The first-order chi connectivity index (χ1) is 13.8. The zero-order valence-electron chi connectivity index (χ0n) is 15.5. The molecule has 0 spiro atoms. The SMILES string of the molecule is Clc1cc(NCc2cccs2)c2sc(C3CCCC3)c(-c3ccccc3)c2n1. The molecule has 1 aliphatic carbocycles. The summed E-state index contributed by atoms with van der Waals surface area (Å²) >= 11 is 10.1. The number of anilines is 1. The minimum absolute atomic E-state index is 0.550. The van der Waals surface area contributed by atoms with Gasteiger partial charge in [0.25, 0.3) is 0 Å². The lowest BCUT2D eigenvalue weighted by Gasteiger charge is -2.10. The summed E-state index contributed by atoms with van der Waals surface area (Å²) in [5, 5.41) is 6.27. The van der Waals surface area contributed by atoms with Crippen LogP contribution in [0.5, 0.6) is 0 Å². The summed E-state index contributed by atoms with van der Waals surface area (Å²) in [6.07, 6.45) is 5.20. The number of hydrogen-bond acceptors (Lipinski definition) is 4. The molecule has 2 nitrogen and oxygen atoms in total. The molecule has 0 aliphatic heterocycles. The quantitative estimate of drug-likeness (QED) is 0.329. The third-order valence-corrected chi connectivity index (χ3v) is 7.90. The van der Waals surface area contributed by atoms with E-state index in [-0.39, 0.29) is 0 Å². The van der Waals surface area contributed by atoms with Crippen molar-refractivity contribution >= 4 is 50.2 Å². The number of nitrogens with one attached hydrogen (secondary N) is 1. The predicted octanol–water partition coefficient (Wildman–Crippen LogP) is 7.95. The second kappa shape index (κ2) is 7.86. The van der Waals surface area contributed by atoms with Crippen molar-refractivity contribution in [1.82, 2.24) is 4.98 Å². The van der Waals surface area contributed by atoms with Crippen LogP contribution in [0.4, 0.5) is 5.69 Å². The number of pyridine rings is 1. The fourth-order valence-electron chi connectivity index (χ4n) is 4.14. The molecule has 5 rings (SSSR count). The molecule has 1 saturated carbocycles. The smallest absolute Gasteiger partial charge is 0.131 e. The largest absolute Gasteiger partial charge is 0.379 e. The summed E-state index contributed by atoms with van der Waals surface area (Å²) in [5.74, 6) is 0.637. The molecule has 5 heteroatoms. The Morgan fingerprint density at radius 2 is 1.89 bits per heavy atom. The zero-order valence-corrected chi connectivity index (χ0v) is 17.8. The molecule has 3 heterocycles. The van der Waals surface area contributed by atoms with Gasteiger partial charge in [0.05, 0.1) is 15.9 Å². The minimum atomic E-state index is 0.550. The lowest BCUT2D eigenvalue weighted by Crippen LogP contribution is -1.98. The normalized spacial score (nSPS) is 14.8. The van der Waals surface area contributed by atoms with Crippen LogP contribution in [0.15, 0.2) is 53.9 Å². The van der Waals surface area contributed by atoms with Gasteiger partial charge in [-0.1, -0.05) is 60.8 Å². The first-order valence-electron chi connectivity index (χ1n) is 9.74. The third-order valence-electron chi connectivity index (χ3n) is 5.46. The van der Waals surface area contributed by atoms with E-state index in [0.717, 1.165) is 17.7 Å². The van der Waals surface area contributed by atoms with Crippen LogP contribution in [0.25, 0.3) is 21.3 Å². The topological polar surface area (TPSA) is 24.9 Å². The molecule has 0 unspecified atom stereocenters. The van der Waals surface area contributed by atoms with Crippen LogP contribution < -0.4 is 5.32 Å². The van der Waals surface area contributed by atoms with E-state index >= 15 is 0 Å². The van der Waals surface area contributed by atoms with E-state index in [9.17, 15) is 0 Å². The van der Waals surface area contributed by atoms with E-state index < -0.39 is 0 Å². The van der Waals surface area contributed by atoms with Crippen LogP contribution in [0, 0.1) is 0 Å². The summed E-state index contributed by atoms with van der Waals surface area (Å²) in [5.41, 5.74) is 4.66. The Bertz CT molecular complexity index is 1080. The van der Waals surface area contributed by atoms with Crippen LogP contribution in [0.3, 0.4) is 0 Å². The van der Waals surface area contributed by atoms with Gasteiger partial charge in [-0.2, -0.15) is 0 Å². The maximum atomic E-state index is 6.47. The molecule has 0 amide bonds. The average molecular weight is 425 g/mol. The fourth-order valence-corrected chi connectivity index (χ4v) is 6.40. The van der Waals surface area contributed by atoms with E-state index in [1.165, 1.54) is 51.3 Å². The van der Waals surface area contributed by atoms with Crippen LogP contribution in [0.1, 0.15) is 41.4 Å². The fraction of sp³-hybridized carbons (Fsp3) is 0.261. The van der Waals surface area contributed by atoms with E-state index in [1.54, 1.807) is 11.3 Å². The maximum absolute atomic E-state index is 6.47. The first kappa shape index (κ1) is 18.2. The molecule has 1 N–H and O–H groups in total. The second-order valence-corrected chi connectivity index (χ2v) is 9.76. The van der Waals surface area contributed by atoms with Gasteiger partial charge in [0.2, 0.25) is 0 Å². The molecule has 4 aromatic rings. The number of benzene rings is 1. The highest BCUT2D eigenvalue weighted by molar-refractivity contribution is 7.20. The van der Waals surface area contributed by atoms with Gasteiger partial charge < -0.3 is 5.32 Å². The van der Waals surface area contributed by atoms with Crippen molar-refractivity contribution in [1.29, 1.82) is 0 Å². The Kier molecular flexibility index (Phi) is 5.10. The maximum Gasteiger partial charge on any atom is 0.131 e. The monoisotopic (exact) mass is 424 g/mol. The molecule has 3 aromatic heterocycles. The van der Waals surface area contributed by atoms with Gasteiger partial charge in [0.1, 0.15) is 5.15 Å². The number of fused-ring (bicyclic) bond motifs is 1. The number of halogens is 1. The predicted molar refractivity (Wildman–Crippen MR) is 123 cm³/mol. The lowest BCUT2D eigenvalue weighted by molar-refractivity contribution is 0.740. The van der Waals surface area contributed by atoms with Crippen molar-refractivity contribution in [3.05, 3.63) is 68.8 Å². The number of nitrogens with zero attached hydrogens (tertiary/aromatic N) is 1. The molecule has 0 bridgehead atoms. The van der Waals surface area contributed by atoms with Gasteiger partial charge in [-0.15, -0.1) is 22.7 Å². The summed E-state index contributed by atoms with van der Waals surface area (Å²) in [6, 6.07) is 16.9. The van der Waals surface area contributed by atoms with Crippen molar-refractivity contribution in [3.63, 3.8) is 0 Å². The van der Waals surface area contributed by atoms with Crippen LogP contribution in [0.2, 0.25) is 5.15 Å². The second-order valence-electron chi connectivity index (χ2n) is 7.29. The summed E-state index contributed by atoms with van der Waals surface area (Å²) in [7, 11) is 0.